The van der Waals surface area contributed by atoms with E-state index in [9.17, 15) is 14.4 Å². The van der Waals surface area contributed by atoms with E-state index in [0.717, 1.165) is 57.8 Å². The molecule has 0 radical (unpaired) electrons. The molecule has 0 rings (SSSR count). The Balaban J connectivity index is 3.83. The van der Waals surface area contributed by atoms with Crippen molar-refractivity contribution in [3.05, 3.63) is 12.2 Å². The van der Waals surface area contributed by atoms with Gasteiger partial charge in [-0.05, 0) is 44.9 Å². The maximum Gasteiger partial charge on any atom is 0.306 e. The minimum atomic E-state index is -0.758. The van der Waals surface area contributed by atoms with Gasteiger partial charge in [0.25, 0.3) is 0 Å². The fourth-order valence-corrected chi connectivity index (χ4v) is 7.97. The summed E-state index contributed by atoms with van der Waals surface area (Å²) in [7, 11) is 0. The van der Waals surface area contributed by atoms with E-state index in [1.165, 1.54) is 199 Å². The van der Waals surface area contributed by atoms with Crippen molar-refractivity contribution in [1.82, 2.24) is 0 Å². The maximum absolute atomic E-state index is 12.6. The third kappa shape index (κ3) is 47.2. The summed E-state index contributed by atoms with van der Waals surface area (Å²) in [4.78, 5) is 37.5. The third-order valence-corrected chi connectivity index (χ3v) is 12.0. The zero-order valence-corrected chi connectivity index (χ0v) is 40.5. The molecule has 0 aliphatic rings. The lowest BCUT2D eigenvalue weighted by Gasteiger charge is -2.18. The van der Waals surface area contributed by atoms with Gasteiger partial charge in [0.05, 0.1) is 0 Å². The Labute approximate surface area is 373 Å². The molecule has 1 atom stereocenters. The maximum atomic E-state index is 12.6. The van der Waals surface area contributed by atoms with Gasteiger partial charge in [-0.1, -0.05) is 245 Å². The van der Waals surface area contributed by atoms with Crippen LogP contribution in [0.3, 0.4) is 0 Å². The highest BCUT2D eigenvalue weighted by atomic mass is 16.6. The first-order chi connectivity index (χ1) is 29.5. The summed E-state index contributed by atoms with van der Waals surface area (Å²) < 4.78 is 16.6. The summed E-state index contributed by atoms with van der Waals surface area (Å²) in [5, 5.41) is 0. The molecule has 60 heavy (non-hydrogen) atoms. The predicted octanol–water partition coefficient (Wildman–Crippen LogP) is 17.4. The van der Waals surface area contributed by atoms with E-state index in [1.807, 2.05) is 0 Å². The predicted molar refractivity (Wildman–Crippen MR) is 256 cm³/mol. The van der Waals surface area contributed by atoms with Crippen LogP contribution < -0.4 is 0 Å². The van der Waals surface area contributed by atoms with Crippen LogP contribution in [0.15, 0.2) is 12.2 Å². The summed E-state index contributed by atoms with van der Waals surface area (Å²) in [6.45, 7) is 6.56. The number of rotatable bonds is 49. The van der Waals surface area contributed by atoms with Gasteiger partial charge in [-0.2, -0.15) is 0 Å². The molecule has 0 saturated heterocycles. The van der Waals surface area contributed by atoms with E-state index in [1.54, 1.807) is 0 Å². The van der Waals surface area contributed by atoms with Crippen LogP contribution in [-0.4, -0.2) is 37.2 Å². The number of allylic oxidation sites excluding steroid dienone is 2. The molecule has 0 aliphatic carbocycles. The molecule has 0 N–H and O–H groups in total. The summed E-state index contributed by atoms with van der Waals surface area (Å²) in [6, 6.07) is 0. The Bertz CT molecular complexity index is 931. The van der Waals surface area contributed by atoms with Gasteiger partial charge >= 0.3 is 17.9 Å². The highest BCUT2D eigenvalue weighted by Gasteiger charge is 2.19. The van der Waals surface area contributed by atoms with Crippen LogP contribution in [0.5, 0.6) is 0 Å². The number of esters is 3. The van der Waals surface area contributed by atoms with Gasteiger partial charge in [-0.15, -0.1) is 0 Å². The van der Waals surface area contributed by atoms with E-state index >= 15 is 0 Å². The zero-order chi connectivity index (χ0) is 43.7. The minimum Gasteiger partial charge on any atom is -0.462 e. The van der Waals surface area contributed by atoms with Gasteiger partial charge in [-0.3, -0.25) is 14.4 Å². The molecule has 1 unspecified atom stereocenters. The van der Waals surface area contributed by atoms with Crippen molar-refractivity contribution >= 4 is 17.9 Å². The molecule has 0 aliphatic heterocycles. The first-order valence-corrected chi connectivity index (χ1v) is 26.7. The van der Waals surface area contributed by atoms with E-state index in [2.05, 4.69) is 32.9 Å². The second-order valence-electron chi connectivity index (χ2n) is 18.2. The van der Waals surface area contributed by atoms with Gasteiger partial charge in [0, 0.05) is 19.3 Å². The SMILES string of the molecule is CCCCCCCCCC/C=C\CCCCCCCCCCCCCCCCCCCC(=O)OCC(COC(=O)CCCCCCCC)OC(=O)CCCCCCCCC. The fourth-order valence-electron chi connectivity index (χ4n) is 7.97. The third-order valence-electron chi connectivity index (χ3n) is 12.0. The molecule has 0 saturated carbocycles. The standard InChI is InChI=1S/C54H102O6/c1-4-7-10-13-16-17-18-19-20-21-22-23-24-25-26-27-28-29-30-31-32-33-34-35-36-37-39-41-44-47-53(56)59-50-51(49-58-52(55)46-43-40-15-12-9-6-3)60-54(57)48-45-42-38-14-11-8-5-2/h21-22,51H,4-20,23-50H2,1-3H3/b22-21-. The quantitative estimate of drug-likeness (QED) is 0.0263. The highest BCUT2D eigenvalue weighted by Crippen LogP contribution is 2.16. The molecule has 0 aromatic carbocycles. The number of carbonyl (C=O) groups excluding carboxylic acids is 3. The molecule has 6 nitrogen and oxygen atoms in total. The van der Waals surface area contributed by atoms with Crippen LogP contribution in [0, 0.1) is 0 Å². The van der Waals surface area contributed by atoms with Crippen LogP contribution >= 0.6 is 0 Å². The van der Waals surface area contributed by atoms with Crippen molar-refractivity contribution < 1.29 is 28.6 Å². The lowest BCUT2D eigenvalue weighted by Crippen LogP contribution is -2.30. The molecule has 0 amide bonds. The first-order valence-electron chi connectivity index (χ1n) is 26.7. The van der Waals surface area contributed by atoms with Crippen molar-refractivity contribution in [3.63, 3.8) is 0 Å². The Morgan fingerprint density at radius 3 is 0.833 bits per heavy atom. The molecule has 6 heteroatoms. The number of hydrogen-bond acceptors (Lipinski definition) is 6. The van der Waals surface area contributed by atoms with Crippen LogP contribution in [0.2, 0.25) is 0 Å². The van der Waals surface area contributed by atoms with Crippen molar-refractivity contribution in [2.75, 3.05) is 13.2 Å². The normalized spacial score (nSPS) is 12.0. The summed E-state index contributed by atoms with van der Waals surface area (Å²) in [6.07, 6.45) is 55.6. The molecule has 0 bridgehead atoms. The average molecular weight is 847 g/mol. The lowest BCUT2D eigenvalue weighted by molar-refractivity contribution is -0.167. The first kappa shape index (κ1) is 58.1. The van der Waals surface area contributed by atoms with E-state index < -0.39 is 6.10 Å². The van der Waals surface area contributed by atoms with Gasteiger partial charge in [0.15, 0.2) is 6.10 Å². The van der Waals surface area contributed by atoms with E-state index in [0.29, 0.717) is 19.3 Å². The molecule has 0 fully saturated rings. The Kier molecular flexibility index (Phi) is 48.3. The molecular weight excluding hydrogens is 745 g/mol. The molecule has 354 valence electrons. The lowest BCUT2D eigenvalue weighted by atomic mass is 10.0. The van der Waals surface area contributed by atoms with Gasteiger partial charge in [0.2, 0.25) is 0 Å². The van der Waals surface area contributed by atoms with Crippen molar-refractivity contribution in [3.8, 4) is 0 Å². The van der Waals surface area contributed by atoms with Gasteiger partial charge < -0.3 is 14.2 Å². The summed E-state index contributed by atoms with van der Waals surface area (Å²) in [5.41, 5.74) is 0. The van der Waals surface area contributed by atoms with Crippen LogP contribution in [0.4, 0.5) is 0 Å². The fraction of sp³-hybridized carbons (Fsp3) is 0.907. The van der Waals surface area contributed by atoms with Crippen molar-refractivity contribution in [2.45, 2.75) is 303 Å². The van der Waals surface area contributed by atoms with Gasteiger partial charge in [-0.25, -0.2) is 0 Å². The Morgan fingerprint density at radius 1 is 0.317 bits per heavy atom. The number of hydrogen-bond donors (Lipinski definition) is 0. The Hall–Kier alpha value is -1.85. The van der Waals surface area contributed by atoms with Crippen LogP contribution in [0.1, 0.15) is 297 Å². The molecule has 0 spiro atoms. The molecule has 0 aromatic rings. The van der Waals surface area contributed by atoms with Crippen molar-refractivity contribution in [2.24, 2.45) is 0 Å². The average Bonchev–Trinajstić information content (AvgIpc) is 3.24. The van der Waals surface area contributed by atoms with Crippen LogP contribution in [-0.2, 0) is 28.6 Å². The molecule has 0 aromatic heterocycles. The minimum absolute atomic E-state index is 0.0658. The summed E-state index contributed by atoms with van der Waals surface area (Å²) in [5.74, 6) is -0.871. The topological polar surface area (TPSA) is 78.9 Å². The molecular formula is C54H102O6. The van der Waals surface area contributed by atoms with E-state index in [4.69, 9.17) is 14.2 Å². The Morgan fingerprint density at radius 2 is 0.550 bits per heavy atom. The number of ether oxygens (including phenoxy) is 3. The smallest absolute Gasteiger partial charge is 0.306 e. The monoisotopic (exact) mass is 847 g/mol. The van der Waals surface area contributed by atoms with Crippen molar-refractivity contribution in [1.29, 1.82) is 0 Å². The largest absolute Gasteiger partial charge is 0.462 e. The van der Waals surface area contributed by atoms with Crippen LogP contribution in [0.25, 0.3) is 0 Å². The molecule has 0 heterocycles. The highest BCUT2D eigenvalue weighted by molar-refractivity contribution is 5.71. The number of unbranched alkanes of at least 4 members (excludes halogenated alkanes) is 36. The second-order valence-corrected chi connectivity index (χ2v) is 18.2. The second kappa shape index (κ2) is 49.8. The number of carbonyl (C=O) groups is 3. The van der Waals surface area contributed by atoms with E-state index in [-0.39, 0.29) is 31.1 Å². The van der Waals surface area contributed by atoms with Gasteiger partial charge in [0.1, 0.15) is 13.2 Å². The summed E-state index contributed by atoms with van der Waals surface area (Å²) >= 11 is 0. The zero-order valence-electron chi connectivity index (χ0n) is 40.5.